The van der Waals surface area contributed by atoms with E-state index in [0.717, 1.165) is 13.0 Å². The molecule has 90 valence electrons. The van der Waals surface area contributed by atoms with Crippen LogP contribution >= 0.6 is 12.6 Å². The van der Waals surface area contributed by atoms with Crippen LogP contribution in [0, 0.1) is 0 Å². The minimum absolute atomic E-state index is 0. The number of ketones is 1. The van der Waals surface area contributed by atoms with Crippen LogP contribution in [0.5, 0.6) is 0 Å². The Bertz CT molecular complexity index is 204. The van der Waals surface area contributed by atoms with Gasteiger partial charge in [0.25, 0.3) is 0 Å². The van der Waals surface area contributed by atoms with Gasteiger partial charge >= 0.3 is 0 Å². The molecule has 5 nitrogen and oxygen atoms in total. The minimum Gasteiger partial charge on any atom is -0.379 e. The summed E-state index contributed by atoms with van der Waals surface area (Å²) < 4.78 is 0. The number of hydrogen-bond acceptors (Lipinski definition) is 6. The zero-order valence-electron chi connectivity index (χ0n) is 9.07. The summed E-state index contributed by atoms with van der Waals surface area (Å²) in [5.41, 5.74) is 0. The standard InChI is InChI=1S/C9H18N2O2S.H3N/c1-6(12)8-4-7(5-10-8)11-9(13)2-3-14;/h7-11,13-14H,2-5H2,1H3;1H3/t7-,8+,9?;/m1./s1. The Balaban J connectivity index is 0.00000196. The number of carbonyl (C=O) groups excluding carboxylic acids is 1. The molecule has 1 saturated heterocycles. The molecule has 0 spiro atoms. The van der Waals surface area contributed by atoms with Crippen molar-refractivity contribution in [3.63, 3.8) is 0 Å². The summed E-state index contributed by atoms with van der Waals surface area (Å²) in [6.45, 7) is 2.33. The van der Waals surface area contributed by atoms with E-state index >= 15 is 0 Å². The Kier molecular flexibility index (Phi) is 7.12. The van der Waals surface area contributed by atoms with Gasteiger partial charge in [-0.1, -0.05) is 0 Å². The lowest BCUT2D eigenvalue weighted by Gasteiger charge is -2.16. The second kappa shape index (κ2) is 7.19. The Morgan fingerprint density at radius 1 is 1.73 bits per heavy atom. The largest absolute Gasteiger partial charge is 0.379 e. The van der Waals surface area contributed by atoms with Crippen molar-refractivity contribution in [2.24, 2.45) is 0 Å². The van der Waals surface area contributed by atoms with Crippen molar-refractivity contribution in [3.8, 4) is 0 Å². The van der Waals surface area contributed by atoms with Gasteiger partial charge in [-0.2, -0.15) is 12.6 Å². The average molecular weight is 235 g/mol. The first-order chi connectivity index (χ1) is 6.63. The molecule has 0 saturated carbocycles. The number of carbonyl (C=O) groups is 1. The van der Waals surface area contributed by atoms with Gasteiger partial charge < -0.3 is 16.6 Å². The molecule has 1 fully saturated rings. The van der Waals surface area contributed by atoms with Gasteiger partial charge in [-0.3, -0.25) is 10.1 Å². The van der Waals surface area contributed by atoms with E-state index in [-0.39, 0.29) is 24.0 Å². The van der Waals surface area contributed by atoms with Crippen LogP contribution in [0.2, 0.25) is 0 Å². The topological polar surface area (TPSA) is 96.4 Å². The summed E-state index contributed by atoms with van der Waals surface area (Å²) >= 11 is 4.04. The highest BCUT2D eigenvalue weighted by atomic mass is 32.1. The Hall–Kier alpha value is -0.140. The third-order valence-electron chi connectivity index (χ3n) is 2.45. The van der Waals surface area contributed by atoms with E-state index in [9.17, 15) is 9.90 Å². The third kappa shape index (κ3) is 4.94. The fourth-order valence-corrected chi connectivity index (χ4v) is 1.89. The number of thiol groups is 1. The zero-order chi connectivity index (χ0) is 10.6. The molecule has 0 aromatic heterocycles. The van der Waals surface area contributed by atoms with Gasteiger partial charge in [-0.15, -0.1) is 0 Å². The molecular weight excluding hydrogens is 214 g/mol. The lowest BCUT2D eigenvalue weighted by Crippen LogP contribution is -2.39. The molecule has 0 aromatic rings. The third-order valence-corrected chi connectivity index (χ3v) is 2.71. The van der Waals surface area contributed by atoms with E-state index in [0.29, 0.717) is 12.2 Å². The first kappa shape index (κ1) is 14.9. The van der Waals surface area contributed by atoms with Crippen LogP contribution in [0.4, 0.5) is 0 Å². The molecule has 6 N–H and O–H groups in total. The number of hydrogen-bond donors (Lipinski definition) is 5. The monoisotopic (exact) mass is 235 g/mol. The van der Waals surface area contributed by atoms with E-state index in [4.69, 9.17) is 0 Å². The zero-order valence-corrected chi connectivity index (χ0v) is 9.96. The summed E-state index contributed by atoms with van der Waals surface area (Å²) in [7, 11) is 0. The molecule has 1 aliphatic heterocycles. The van der Waals surface area contributed by atoms with Crippen molar-refractivity contribution in [1.82, 2.24) is 16.8 Å². The van der Waals surface area contributed by atoms with E-state index in [1.54, 1.807) is 6.92 Å². The highest BCUT2D eigenvalue weighted by molar-refractivity contribution is 7.80. The normalized spacial score (nSPS) is 27.1. The molecule has 0 bridgehead atoms. The molecule has 1 unspecified atom stereocenters. The quantitative estimate of drug-likeness (QED) is 0.333. The molecule has 15 heavy (non-hydrogen) atoms. The van der Waals surface area contributed by atoms with Crippen molar-refractivity contribution in [2.75, 3.05) is 12.3 Å². The number of aliphatic hydroxyl groups excluding tert-OH is 1. The predicted octanol–water partition coefficient (Wildman–Crippen LogP) is -0.304. The molecule has 6 heteroatoms. The summed E-state index contributed by atoms with van der Waals surface area (Å²) in [6, 6.07) is 0.148. The highest BCUT2D eigenvalue weighted by Gasteiger charge is 2.27. The van der Waals surface area contributed by atoms with Crippen molar-refractivity contribution in [3.05, 3.63) is 0 Å². The van der Waals surface area contributed by atoms with Gasteiger partial charge in [0.05, 0.1) is 6.04 Å². The minimum atomic E-state index is -0.509. The number of Topliss-reactive ketones (excluding diaryl/α,β-unsaturated/α-hetero) is 1. The van der Waals surface area contributed by atoms with Crippen LogP contribution in [0.1, 0.15) is 19.8 Å². The summed E-state index contributed by atoms with van der Waals surface area (Å²) in [5, 5.41) is 15.6. The van der Waals surface area contributed by atoms with Crippen molar-refractivity contribution in [2.45, 2.75) is 38.1 Å². The molecule has 0 radical (unpaired) electrons. The predicted molar refractivity (Wildman–Crippen MR) is 63.5 cm³/mol. The maximum Gasteiger partial charge on any atom is 0.146 e. The molecule has 3 atom stereocenters. The van der Waals surface area contributed by atoms with Crippen LogP contribution in [-0.2, 0) is 4.79 Å². The van der Waals surface area contributed by atoms with E-state index < -0.39 is 6.23 Å². The van der Waals surface area contributed by atoms with Crippen molar-refractivity contribution < 1.29 is 9.90 Å². The summed E-state index contributed by atoms with van der Waals surface area (Å²) in [6.07, 6.45) is 0.883. The number of aliphatic hydroxyl groups is 1. The van der Waals surface area contributed by atoms with Crippen LogP contribution in [0.15, 0.2) is 0 Å². The highest BCUT2D eigenvalue weighted by Crippen LogP contribution is 2.08. The SMILES string of the molecule is CC(=O)[C@@H]1C[C@@H](NC(O)CCS)CN1.N. The Labute approximate surface area is 96.0 Å². The fraction of sp³-hybridized carbons (Fsp3) is 0.889. The van der Waals surface area contributed by atoms with Crippen LogP contribution in [-0.4, -0.2) is 41.5 Å². The van der Waals surface area contributed by atoms with Crippen molar-refractivity contribution in [1.29, 1.82) is 0 Å². The van der Waals surface area contributed by atoms with Crippen LogP contribution < -0.4 is 16.8 Å². The van der Waals surface area contributed by atoms with Crippen LogP contribution in [0.3, 0.4) is 0 Å². The van der Waals surface area contributed by atoms with Gasteiger partial charge in [0.2, 0.25) is 0 Å². The Morgan fingerprint density at radius 2 is 2.40 bits per heavy atom. The van der Waals surface area contributed by atoms with Gasteiger partial charge in [-0.05, 0) is 25.5 Å². The molecular formula is C9H21N3O2S. The second-order valence-corrected chi connectivity index (χ2v) is 4.15. The van der Waals surface area contributed by atoms with Gasteiger partial charge in [-0.25, -0.2) is 0 Å². The first-order valence-electron chi connectivity index (χ1n) is 4.92. The molecule has 1 heterocycles. The number of nitrogens with one attached hydrogen (secondary N) is 2. The second-order valence-electron chi connectivity index (χ2n) is 3.70. The first-order valence-corrected chi connectivity index (χ1v) is 5.55. The van der Waals surface area contributed by atoms with E-state index in [1.165, 1.54) is 0 Å². The smallest absolute Gasteiger partial charge is 0.146 e. The van der Waals surface area contributed by atoms with E-state index in [1.807, 2.05) is 0 Å². The van der Waals surface area contributed by atoms with E-state index in [2.05, 4.69) is 23.3 Å². The number of rotatable bonds is 5. The summed E-state index contributed by atoms with van der Waals surface area (Å²) in [5.74, 6) is 0.822. The lowest BCUT2D eigenvalue weighted by atomic mass is 10.1. The molecule has 0 aromatic carbocycles. The van der Waals surface area contributed by atoms with Gasteiger partial charge in [0.15, 0.2) is 0 Å². The lowest BCUT2D eigenvalue weighted by molar-refractivity contribution is -0.118. The fourth-order valence-electron chi connectivity index (χ4n) is 1.65. The van der Waals surface area contributed by atoms with Gasteiger partial charge in [0.1, 0.15) is 12.0 Å². The van der Waals surface area contributed by atoms with Gasteiger partial charge in [0, 0.05) is 12.6 Å². The summed E-state index contributed by atoms with van der Waals surface area (Å²) in [4.78, 5) is 11.0. The average Bonchev–Trinajstić information content (AvgIpc) is 2.53. The molecule has 1 aliphatic rings. The van der Waals surface area contributed by atoms with Crippen molar-refractivity contribution >= 4 is 18.4 Å². The Morgan fingerprint density at radius 3 is 2.87 bits per heavy atom. The molecule has 1 rings (SSSR count). The molecule has 0 amide bonds. The maximum atomic E-state index is 11.0. The maximum absolute atomic E-state index is 11.0. The molecule has 0 aliphatic carbocycles. The van der Waals surface area contributed by atoms with Crippen LogP contribution in [0.25, 0.3) is 0 Å².